The van der Waals surface area contributed by atoms with Crippen molar-refractivity contribution in [3.8, 4) is 0 Å². The fraction of sp³-hybridized carbons (Fsp3) is 0.556. The van der Waals surface area contributed by atoms with Crippen LogP contribution < -0.4 is 5.32 Å². The minimum atomic E-state index is -0.119. The van der Waals surface area contributed by atoms with E-state index < -0.39 is 0 Å². The lowest BCUT2D eigenvalue weighted by Gasteiger charge is -2.27. The van der Waals surface area contributed by atoms with E-state index in [9.17, 15) is 9.59 Å². The van der Waals surface area contributed by atoms with Gasteiger partial charge in [-0.1, -0.05) is 37.3 Å². The molecule has 23 heavy (non-hydrogen) atoms. The molecule has 5 heteroatoms. The number of carbonyl (C=O) groups is 2. The van der Waals surface area contributed by atoms with E-state index in [1.54, 1.807) is 0 Å². The Morgan fingerprint density at radius 2 is 1.83 bits per heavy atom. The summed E-state index contributed by atoms with van der Waals surface area (Å²) in [7, 11) is 0. The molecule has 0 saturated heterocycles. The standard InChI is InChI=1S/C18H25NO4/c1-2-17(20)19-13-23-16-10-8-15(9-11-16)18(21)22-12-14-6-4-3-5-7-14/h3-7,15-16H,2,8-13H2,1H3,(H,19,20)/t15-,16+. The summed E-state index contributed by atoms with van der Waals surface area (Å²) in [6, 6.07) is 9.70. The zero-order chi connectivity index (χ0) is 16.5. The molecule has 1 fully saturated rings. The topological polar surface area (TPSA) is 64.6 Å². The SMILES string of the molecule is CCC(=O)NCO[C@H]1CC[C@@H](C(=O)OCc2ccccc2)CC1. The van der Waals surface area contributed by atoms with Gasteiger partial charge in [0.1, 0.15) is 13.3 Å². The molecule has 0 aliphatic heterocycles. The fourth-order valence-corrected chi connectivity index (χ4v) is 2.68. The van der Waals surface area contributed by atoms with Gasteiger partial charge in [0.2, 0.25) is 5.91 Å². The number of hydrogen-bond acceptors (Lipinski definition) is 4. The first-order valence-corrected chi connectivity index (χ1v) is 8.28. The molecule has 2 rings (SSSR count). The highest BCUT2D eigenvalue weighted by Crippen LogP contribution is 2.27. The summed E-state index contributed by atoms with van der Waals surface area (Å²) in [6.45, 7) is 2.39. The van der Waals surface area contributed by atoms with Crippen molar-refractivity contribution in [3.05, 3.63) is 35.9 Å². The smallest absolute Gasteiger partial charge is 0.309 e. The molecule has 126 valence electrons. The monoisotopic (exact) mass is 319 g/mol. The van der Waals surface area contributed by atoms with Crippen molar-refractivity contribution < 1.29 is 19.1 Å². The number of hydrogen-bond donors (Lipinski definition) is 1. The van der Waals surface area contributed by atoms with Gasteiger partial charge < -0.3 is 14.8 Å². The van der Waals surface area contributed by atoms with Gasteiger partial charge in [0.05, 0.1) is 12.0 Å². The second kappa shape index (κ2) is 9.30. The summed E-state index contributed by atoms with van der Waals surface area (Å²) in [5, 5.41) is 2.70. The van der Waals surface area contributed by atoms with Crippen molar-refractivity contribution >= 4 is 11.9 Å². The lowest BCUT2D eigenvalue weighted by atomic mass is 9.87. The van der Waals surface area contributed by atoms with Gasteiger partial charge in [-0.3, -0.25) is 9.59 Å². The van der Waals surface area contributed by atoms with Crippen molar-refractivity contribution in [3.63, 3.8) is 0 Å². The molecule has 0 atom stereocenters. The molecule has 0 bridgehead atoms. The van der Waals surface area contributed by atoms with Gasteiger partial charge in [0.15, 0.2) is 0 Å². The molecule has 1 aliphatic rings. The van der Waals surface area contributed by atoms with Crippen molar-refractivity contribution in [2.24, 2.45) is 5.92 Å². The third kappa shape index (κ3) is 6.02. The maximum Gasteiger partial charge on any atom is 0.309 e. The van der Waals surface area contributed by atoms with Crippen LogP contribution in [0, 0.1) is 5.92 Å². The molecule has 1 saturated carbocycles. The van der Waals surface area contributed by atoms with Crippen molar-refractivity contribution in [2.75, 3.05) is 6.73 Å². The maximum atomic E-state index is 12.1. The van der Waals surface area contributed by atoms with Crippen LogP contribution in [0.3, 0.4) is 0 Å². The molecule has 0 spiro atoms. The van der Waals surface area contributed by atoms with Crippen LogP contribution in [0.15, 0.2) is 30.3 Å². The molecule has 0 unspecified atom stereocenters. The second-order valence-electron chi connectivity index (χ2n) is 5.83. The van der Waals surface area contributed by atoms with Crippen LogP contribution >= 0.6 is 0 Å². The van der Waals surface area contributed by atoms with Gasteiger partial charge in [-0.25, -0.2) is 0 Å². The van der Waals surface area contributed by atoms with Crippen LogP contribution in [-0.2, 0) is 25.7 Å². The van der Waals surface area contributed by atoms with Gasteiger partial charge in [-0.05, 0) is 31.2 Å². The molecule has 1 aliphatic carbocycles. The van der Waals surface area contributed by atoms with Crippen LogP contribution in [0.25, 0.3) is 0 Å². The number of amides is 1. The average molecular weight is 319 g/mol. The molecular formula is C18H25NO4. The highest BCUT2D eigenvalue weighted by atomic mass is 16.5. The van der Waals surface area contributed by atoms with E-state index in [1.165, 1.54) is 0 Å². The Labute approximate surface area is 137 Å². The molecular weight excluding hydrogens is 294 g/mol. The largest absolute Gasteiger partial charge is 0.461 e. The van der Waals surface area contributed by atoms with E-state index >= 15 is 0 Å². The zero-order valence-electron chi connectivity index (χ0n) is 13.6. The Bertz CT molecular complexity index is 495. The third-order valence-electron chi connectivity index (χ3n) is 4.14. The summed E-state index contributed by atoms with van der Waals surface area (Å²) in [5.74, 6) is -0.168. The molecule has 0 heterocycles. The van der Waals surface area contributed by atoms with Crippen LogP contribution in [0.1, 0.15) is 44.6 Å². The van der Waals surface area contributed by atoms with E-state index in [4.69, 9.17) is 9.47 Å². The minimum absolute atomic E-state index is 0.0109. The number of rotatable bonds is 7. The highest BCUT2D eigenvalue weighted by Gasteiger charge is 2.27. The molecule has 0 aromatic heterocycles. The number of esters is 1. The van der Waals surface area contributed by atoms with E-state index in [-0.39, 0.29) is 30.6 Å². The third-order valence-corrected chi connectivity index (χ3v) is 4.14. The summed E-state index contributed by atoms with van der Waals surface area (Å²) < 4.78 is 11.0. The molecule has 1 aromatic rings. The predicted molar refractivity (Wildman–Crippen MR) is 86.4 cm³/mol. The Morgan fingerprint density at radius 3 is 2.48 bits per heavy atom. The fourth-order valence-electron chi connectivity index (χ4n) is 2.68. The van der Waals surface area contributed by atoms with Gasteiger partial charge >= 0.3 is 5.97 Å². The average Bonchev–Trinajstić information content (AvgIpc) is 2.61. The van der Waals surface area contributed by atoms with Crippen molar-refractivity contribution in [1.82, 2.24) is 5.32 Å². The second-order valence-corrected chi connectivity index (χ2v) is 5.83. The maximum absolute atomic E-state index is 12.1. The van der Waals surface area contributed by atoms with Crippen LogP contribution in [0.5, 0.6) is 0 Å². The normalized spacial score (nSPS) is 20.7. The molecule has 0 radical (unpaired) electrons. The Kier molecular flexibility index (Phi) is 7.07. The van der Waals surface area contributed by atoms with E-state index in [1.807, 2.05) is 37.3 Å². The number of benzene rings is 1. The Balaban J connectivity index is 1.63. The van der Waals surface area contributed by atoms with Crippen LogP contribution in [0.2, 0.25) is 0 Å². The molecule has 1 aromatic carbocycles. The first kappa shape index (κ1) is 17.5. The Morgan fingerprint density at radius 1 is 1.13 bits per heavy atom. The van der Waals surface area contributed by atoms with Gasteiger partial charge in [0.25, 0.3) is 0 Å². The lowest BCUT2D eigenvalue weighted by Crippen LogP contribution is -2.32. The zero-order valence-corrected chi connectivity index (χ0v) is 13.6. The summed E-state index contributed by atoms with van der Waals surface area (Å²) in [6.07, 6.45) is 3.79. The summed E-state index contributed by atoms with van der Waals surface area (Å²) >= 11 is 0. The number of nitrogens with one attached hydrogen (secondary N) is 1. The van der Waals surface area contributed by atoms with Crippen molar-refractivity contribution in [1.29, 1.82) is 0 Å². The number of ether oxygens (including phenoxy) is 2. The minimum Gasteiger partial charge on any atom is -0.461 e. The molecule has 5 nitrogen and oxygen atoms in total. The van der Waals surface area contributed by atoms with Gasteiger partial charge in [-0.15, -0.1) is 0 Å². The van der Waals surface area contributed by atoms with Gasteiger partial charge in [-0.2, -0.15) is 0 Å². The van der Waals surface area contributed by atoms with E-state index in [0.717, 1.165) is 31.2 Å². The van der Waals surface area contributed by atoms with Crippen molar-refractivity contribution in [2.45, 2.75) is 51.7 Å². The van der Waals surface area contributed by atoms with E-state index in [2.05, 4.69) is 5.32 Å². The molecule has 1 N–H and O–H groups in total. The number of carbonyl (C=O) groups excluding carboxylic acids is 2. The quantitative estimate of drug-likeness (QED) is 0.620. The Hall–Kier alpha value is -1.88. The highest BCUT2D eigenvalue weighted by molar-refractivity contribution is 5.75. The molecule has 1 amide bonds. The lowest BCUT2D eigenvalue weighted by molar-refractivity contribution is -0.152. The van der Waals surface area contributed by atoms with Crippen LogP contribution in [0.4, 0.5) is 0 Å². The first-order valence-electron chi connectivity index (χ1n) is 8.28. The first-order chi connectivity index (χ1) is 11.2. The van der Waals surface area contributed by atoms with Crippen LogP contribution in [-0.4, -0.2) is 24.7 Å². The summed E-state index contributed by atoms with van der Waals surface area (Å²) in [5.41, 5.74) is 1.00. The van der Waals surface area contributed by atoms with E-state index in [0.29, 0.717) is 13.0 Å². The van der Waals surface area contributed by atoms with Gasteiger partial charge in [0, 0.05) is 6.42 Å². The summed E-state index contributed by atoms with van der Waals surface area (Å²) in [4.78, 5) is 23.2. The predicted octanol–water partition coefficient (Wildman–Crippen LogP) is 2.79.